The Kier molecular flexibility index (Phi) is 7.68. The molecular formula is C21H23N3O9S. The van der Waals surface area contributed by atoms with Crippen LogP contribution in [-0.2, 0) is 24.3 Å². The van der Waals surface area contributed by atoms with Gasteiger partial charge in [0.1, 0.15) is 24.9 Å². The quantitative estimate of drug-likeness (QED) is 0.301. The van der Waals surface area contributed by atoms with Gasteiger partial charge in [0.15, 0.2) is 18.1 Å². The van der Waals surface area contributed by atoms with E-state index in [4.69, 9.17) is 14.2 Å². The summed E-state index contributed by atoms with van der Waals surface area (Å²) < 4.78 is 43.8. The largest absolute Gasteiger partial charge is 0.486 e. The van der Waals surface area contributed by atoms with Crippen LogP contribution in [0.4, 0.5) is 11.4 Å². The molecule has 182 valence electrons. The number of amides is 1. The monoisotopic (exact) mass is 493 g/mol. The fraction of sp³-hybridized carbons (Fsp3) is 0.333. The summed E-state index contributed by atoms with van der Waals surface area (Å²) >= 11 is 0. The maximum Gasteiger partial charge on any atom is 0.324 e. The van der Waals surface area contributed by atoms with Gasteiger partial charge in [-0.1, -0.05) is 26.0 Å². The summed E-state index contributed by atoms with van der Waals surface area (Å²) in [5.74, 6) is -1.63. The molecule has 2 aromatic rings. The zero-order valence-electron chi connectivity index (χ0n) is 18.3. The van der Waals surface area contributed by atoms with Crippen LogP contribution < -0.4 is 19.5 Å². The number of para-hydroxylation sites is 2. The predicted octanol–water partition coefficient (Wildman–Crippen LogP) is 1.85. The van der Waals surface area contributed by atoms with Crippen molar-refractivity contribution in [1.29, 1.82) is 0 Å². The van der Waals surface area contributed by atoms with E-state index in [9.17, 15) is 28.1 Å². The highest BCUT2D eigenvalue weighted by Gasteiger charge is 2.31. The van der Waals surface area contributed by atoms with E-state index in [1.165, 1.54) is 42.5 Å². The van der Waals surface area contributed by atoms with Crippen LogP contribution in [0.3, 0.4) is 0 Å². The van der Waals surface area contributed by atoms with Crippen molar-refractivity contribution in [2.45, 2.75) is 24.8 Å². The van der Waals surface area contributed by atoms with Crippen LogP contribution in [0.15, 0.2) is 47.4 Å². The highest BCUT2D eigenvalue weighted by molar-refractivity contribution is 7.89. The summed E-state index contributed by atoms with van der Waals surface area (Å²) in [5.41, 5.74) is -0.386. The van der Waals surface area contributed by atoms with Crippen molar-refractivity contribution in [3.63, 3.8) is 0 Å². The number of hydrogen-bond donors (Lipinski definition) is 2. The van der Waals surface area contributed by atoms with Crippen molar-refractivity contribution in [1.82, 2.24) is 4.72 Å². The fourth-order valence-corrected chi connectivity index (χ4v) is 4.38. The molecule has 2 N–H and O–H groups in total. The lowest BCUT2D eigenvalue weighted by molar-refractivity contribution is -0.383. The number of sulfonamides is 1. The van der Waals surface area contributed by atoms with Gasteiger partial charge in [0, 0.05) is 12.1 Å². The van der Waals surface area contributed by atoms with E-state index in [0.29, 0.717) is 12.4 Å². The van der Waals surface area contributed by atoms with Crippen molar-refractivity contribution in [2.75, 3.05) is 25.1 Å². The topological polar surface area (TPSA) is 163 Å². The van der Waals surface area contributed by atoms with Crippen molar-refractivity contribution in [2.24, 2.45) is 5.92 Å². The summed E-state index contributed by atoms with van der Waals surface area (Å²) in [7, 11) is -4.15. The van der Waals surface area contributed by atoms with Gasteiger partial charge in [0.2, 0.25) is 10.0 Å². The number of ether oxygens (including phenoxy) is 3. The Morgan fingerprint density at radius 2 is 1.79 bits per heavy atom. The van der Waals surface area contributed by atoms with Gasteiger partial charge in [-0.25, -0.2) is 8.42 Å². The van der Waals surface area contributed by atoms with Crippen LogP contribution >= 0.6 is 0 Å². The maximum atomic E-state index is 12.9. The van der Waals surface area contributed by atoms with Gasteiger partial charge in [-0.2, -0.15) is 4.72 Å². The average Bonchev–Trinajstić information content (AvgIpc) is 2.80. The van der Waals surface area contributed by atoms with Gasteiger partial charge in [-0.3, -0.25) is 19.7 Å². The second-order valence-corrected chi connectivity index (χ2v) is 9.29. The first kappa shape index (κ1) is 24.9. The molecule has 12 nitrogen and oxygen atoms in total. The molecule has 34 heavy (non-hydrogen) atoms. The Bertz CT molecular complexity index is 1200. The van der Waals surface area contributed by atoms with Crippen molar-refractivity contribution >= 4 is 33.3 Å². The van der Waals surface area contributed by atoms with Crippen molar-refractivity contribution < 1.29 is 37.1 Å². The minimum atomic E-state index is -4.15. The van der Waals surface area contributed by atoms with Gasteiger partial charge in [0.05, 0.1) is 9.82 Å². The highest BCUT2D eigenvalue weighted by Crippen LogP contribution is 2.32. The van der Waals surface area contributed by atoms with E-state index in [0.717, 1.165) is 0 Å². The lowest BCUT2D eigenvalue weighted by Crippen LogP contribution is -2.45. The number of nitrogens with one attached hydrogen (secondary N) is 2. The van der Waals surface area contributed by atoms with E-state index in [1.807, 2.05) is 0 Å². The molecule has 2 aromatic carbocycles. The molecule has 13 heteroatoms. The molecule has 1 heterocycles. The van der Waals surface area contributed by atoms with Gasteiger partial charge in [-0.05, 0) is 24.1 Å². The van der Waals surface area contributed by atoms with Crippen LogP contribution in [0.1, 0.15) is 13.8 Å². The Morgan fingerprint density at radius 1 is 1.12 bits per heavy atom. The Balaban J connectivity index is 1.65. The van der Waals surface area contributed by atoms with Crippen LogP contribution in [0, 0.1) is 16.0 Å². The maximum absolute atomic E-state index is 12.9. The summed E-state index contributed by atoms with van der Waals surface area (Å²) in [6.45, 7) is 3.07. The number of carbonyl (C=O) groups excluding carboxylic acids is 2. The lowest BCUT2D eigenvalue weighted by Gasteiger charge is -2.22. The Labute approximate surface area is 195 Å². The number of hydrogen-bond acceptors (Lipinski definition) is 9. The number of benzene rings is 2. The number of esters is 1. The third-order valence-corrected chi connectivity index (χ3v) is 6.19. The second kappa shape index (κ2) is 10.5. The smallest absolute Gasteiger partial charge is 0.324 e. The van der Waals surface area contributed by atoms with E-state index in [1.54, 1.807) is 13.8 Å². The zero-order valence-corrected chi connectivity index (χ0v) is 19.2. The molecule has 1 aliphatic rings. The molecule has 1 aliphatic heterocycles. The minimum absolute atomic E-state index is 0.0618. The van der Waals surface area contributed by atoms with Crippen LogP contribution in [0.25, 0.3) is 0 Å². The molecule has 0 spiro atoms. The number of nitrogens with zero attached hydrogens (tertiary/aromatic N) is 1. The molecule has 0 saturated heterocycles. The van der Waals surface area contributed by atoms with Crippen LogP contribution in [-0.4, -0.2) is 51.1 Å². The van der Waals surface area contributed by atoms with Crippen molar-refractivity contribution in [3.05, 3.63) is 52.6 Å². The van der Waals surface area contributed by atoms with Gasteiger partial charge < -0.3 is 19.5 Å². The molecule has 0 radical (unpaired) electrons. The number of rotatable bonds is 9. The molecule has 1 atom stereocenters. The predicted molar refractivity (Wildman–Crippen MR) is 119 cm³/mol. The number of carbonyl (C=O) groups is 2. The summed E-state index contributed by atoms with van der Waals surface area (Å²) in [6, 6.07) is 8.25. The number of anilines is 1. The van der Waals surface area contributed by atoms with E-state index < -0.39 is 45.4 Å². The van der Waals surface area contributed by atoms with E-state index in [-0.39, 0.29) is 28.6 Å². The number of fused-ring (bicyclic) bond motifs is 1. The number of nitro groups is 1. The van der Waals surface area contributed by atoms with Crippen LogP contribution in [0.2, 0.25) is 0 Å². The number of nitro benzene ring substituents is 1. The third-order valence-electron chi connectivity index (χ3n) is 4.75. The molecular weight excluding hydrogens is 470 g/mol. The molecule has 3 rings (SSSR count). The normalized spacial score (nSPS) is 13.7. The van der Waals surface area contributed by atoms with Crippen LogP contribution in [0.5, 0.6) is 11.5 Å². The molecule has 0 aromatic heterocycles. The molecule has 0 aliphatic carbocycles. The molecule has 1 amide bonds. The molecule has 0 unspecified atom stereocenters. The van der Waals surface area contributed by atoms with Gasteiger partial charge >= 0.3 is 5.97 Å². The van der Waals surface area contributed by atoms with Gasteiger partial charge in [-0.15, -0.1) is 0 Å². The standard InChI is InChI=1S/C21H23N3O9S/c1-13(2)20(23-34(29,30)14-7-8-17-18(11-14)32-10-9-31-17)21(26)33-12-19(25)22-15-5-3-4-6-16(15)24(27)28/h3-8,11,13,20,23H,9-10,12H2,1-2H3,(H,22,25)/t20-/m0/s1. The first-order chi connectivity index (χ1) is 16.1. The lowest BCUT2D eigenvalue weighted by atomic mass is 10.1. The average molecular weight is 493 g/mol. The SMILES string of the molecule is CC(C)[C@H](NS(=O)(=O)c1ccc2c(c1)OCCO2)C(=O)OCC(=O)Nc1ccccc1[N+](=O)[O-]. The molecule has 0 fully saturated rings. The van der Waals surface area contributed by atoms with Crippen molar-refractivity contribution in [3.8, 4) is 11.5 Å². The Hall–Kier alpha value is -3.71. The van der Waals surface area contributed by atoms with E-state index >= 15 is 0 Å². The second-order valence-electron chi connectivity index (χ2n) is 7.58. The Morgan fingerprint density at radius 3 is 2.47 bits per heavy atom. The van der Waals surface area contributed by atoms with Gasteiger partial charge in [0.25, 0.3) is 11.6 Å². The fourth-order valence-electron chi connectivity index (χ4n) is 3.03. The third kappa shape index (κ3) is 5.99. The first-order valence-electron chi connectivity index (χ1n) is 10.2. The minimum Gasteiger partial charge on any atom is -0.486 e. The summed E-state index contributed by atoms with van der Waals surface area (Å²) in [6.07, 6.45) is 0. The molecule has 0 saturated carbocycles. The zero-order chi connectivity index (χ0) is 24.9. The summed E-state index contributed by atoms with van der Waals surface area (Å²) in [4.78, 5) is 35.0. The summed E-state index contributed by atoms with van der Waals surface area (Å²) in [5, 5.41) is 13.3. The molecule has 0 bridgehead atoms. The highest BCUT2D eigenvalue weighted by atomic mass is 32.2. The van der Waals surface area contributed by atoms with E-state index in [2.05, 4.69) is 10.0 Å². The first-order valence-corrected chi connectivity index (χ1v) is 11.7.